The van der Waals surface area contributed by atoms with Crippen molar-refractivity contribution < 1.29 is 24.2 Å². The van der Waals surface area contributed by atoms with Crippen LogP contribution in [0.2, 0.25) is 0 Å². The Morgan fingerprint density at radius 1 is 1.15 bits per heavy atom. The van der Waals surface area contributed by atoms with Crippen LogP contribution in [0.5, 0.6) is 0 Å². The van der Waals surface area contributed by atoms with E-state index in [2.05, 4.69) is 26.0 Å². The number of benzene rings is 1. The zero-order valence-corrected chi connectivity index (χ0v) is 24.4. The number of hydrogen-bond donors (Lipinski definition) is 5. The van der Waals surface area contributed by atoms with E-state index in [1.54, 1.807) is 58.0 Å². The summed E-state index contributed by atoms with van der Waals surface area (Å²) in [6.45, 7) is 10.9. The van der Waals surface area contributed by atoms with Crippen LogP contribution in [0.1, 0.15) is 71.9 Å². The average molecular weight is 569 g/mol. The fourth-order valence-corrected chi connectivity index (χ4v) is 4.89. The summed E-state index contributed by atoms with van der Waals surface area (Å²) >= 11 is 0. The van der Waals surface area contributed by atoms with Gasteiger partial charge in [0.2, 0.25) is 5.91 Å². The molecule has 5 atom stereocenters. The molecule has 0 spiro atoms. The Morgan fingerprint density at radius 2 is 1.88 bits per heavy atom. The smallest absolute Gasteiger partial charge is 0.325 e. The van der Waals surface area contributed by atoms with Crippen molar-refractivity contribution in [2.75, 3.05) is 6.54 Å². The predicted octanol–water partition coefficient (Wildman–Crippen LogP) is 1.51. The summed E-state index contributed by atoms with van der Waals surface area (Å²) in [5, 5.41) is 18.6. The first-order valence-corrected chi connectivity index (χ1v) is 14.0. The number of ether oxygens (including phenoxy) is 1. The van der Waals surface area contributed by atoms with Crippen molar-refractivity contribution in [2.24, 2.45) is 11.3 Å². The summed E-state index contributed by atoms with van der Waals surface area (Å²) in [4.78, 5) is 59.6. The van der Waals surface area contributed by atoms with Gasteiger partial charge >= 0.3 is 5.97 Å². The van der Waals surface area contributed by atoms with Crippen LogP contribution in [-0.2, 0) is 19.1 Å². The molecule has 0 radical (unpaired) electrons. The van der Waals surface area contributed by atoms with Gasteiger partial charge in [-0.2, -0.15) is 0 Å². The maximum atomic E-state index is 13.3. The van der Waals surface area contributed by atoms with Crippen LogP contribution in [0.3, 0.4) is 0 Å². The van der Waals surface area contributed by atoms with Crippen LogP contribution in [0.4, 0.5) is 0 Å². The van der Waals surface area contributed by atoms with Gasteiger partial charge in [0.15, 0.2) is 11.9 Å². The number of fused-ring (bicyclic) bond motifs is 4. The van der Waals surface area contributed by atoms with Gasteiger partial charge in [0, 0.05) is 6.54 Å². The minimum Gasteiger partial charge on any atom is -0.453 e. The molecule has 222 valence electrons. The lowest BCUT2D eigenvalue weighted by atomic mass is 9.89. The summed E-state index contributed by atoms with van der Waals surface area (Å²) in [6, 6.07) is 2.85. The number of H-pyrrole nitrogens is 1. The Labute approximate surface area is 238 Å². The molecule has 41 heavy (non-hydrogen) atoms. The van der Waals surface area contributed by atoms with Crippen molar-refractivity contribution in [3.8, 4) is 0 Å². The van der Waals surface area contributed by atoms with Crippen molar-refractivity contribution in [2.45, 2.75) is 84.8 Å². The average Bonchev–Trinajstić information content (AvgIpc) is 2.93. The first-order valence-electron chi connectivity index (χ1n) is 14.0. The highest BCUT2D eigenvalue weighted by atomic mass is 16.5. The highest BCUT2D eigenvalue weighted by molar-refractivity contribution is 5.86. The van der Waals surface area contributed by atoms with Crippen molar-refractivity contribution in [1.29, 1.82) is 0 Å². The molecule has 1 aromatic carbocycles. The molecule has 2 aliphatic heterocycles. The molecule has 12 heteroatoms. The second-order valence-corrected chi connectivity index (χ2v) is 11.8. The van der Waals surface area contributed by atoms with Gasteiger partial charge < -0.3 is 20.1 Å². The van der Waals surface area contributed by atoms with Gasteiger partial charge in [-0.25, -0.2) is 10.4 Å². The summed E-state index contributed by atoms with van der Waals surface area (Å²) in [7, 11) is 0. The number of amides is 2. The molecule has 1 saturated heterocycles. The minimum atomic E-state index is -1.21. The first kappa shape index (κ1) is 30.4. The number of aromatic nitrogens is 2. The molecule has 12 nitrogen and oxygen atoms in total. The number of rotatable bonds is 1. The molecule has 1 fully saturated rings. The largest absolute Gasteiger partial charge is 0.453 e. The van der Waals surface area contributed by atoms with E-state index in [1.807, 2.05) is 13.8 Å². The van der Waals surface area contributed by atoms with Gasteiger partial charge in [-0.3, -0.25) is 29.5 Å². The second kappa shape index (κ2) is 12.1. The Balaban J connectivity index is 1.73. The molecule has 0 aliphatic carbocycles. The number of aliphatic hydroxyl groups is 1. The van der Waals surface area contributed by atoms with Crippen molar-refractivity contribution in [1.82, 2.24) is 31.0 Å². The van der Waals surface area contributed by atoms with Gasteiger partial charge in [0.05, 0.1) is 28.4 Å². The monoisotopic (exact) mass is 568 g/mol. The fraction of sp³-hybridized carbons (Fsp3) is 0.552. The number of aromatic amines is 1. The van der Waals surface area contributed by atoms with Crippen LogP contribution in [0.15, 0.2) is 29.1 Å². The number of nitrogens with one attached hydrogen (secondary N) is 4. The summed E-state index contributed by atoms with van der Waals surface area (Å²) in [6.07, 6.45) is 2.46. The molecule has 2 unspecified atom stereocenters. The Hall–Kier alpha value is -3.61. The normalized spacial score (nSPS) is 28.8. The van der Waals surface area contributed by atoms with E-state index in [9.17, 15) is 24.3 Å². The van der Waals surface area contributed by atoms with Gasteiger partial charge in [-0.15, -0.1) is 0 Å². The van der Waals surface area contributed by atoms with Gasteiger partial charge in [0.1, 0.15) is 12.3 Å². The van der Waals surface area contributed by atoms with E-state index in [0.29, 0.717) is 30.3 Å². The summed E-state index contributed by atoms with van der Waals surface area (Å²) in [5.41, 5.74) is 2.76. The van der Waals surface area contributed by atoms with E-state index in [1.165, 1.54) is 5.01 Å². The van der Waals surface area contributed by atoms with E-state index in [0.717, 1.165) is 5.56 Å². The van der Waals surface area contributed by atoms with Gasteiger partial charge in [-0.05, 0) is 64.2 Å². The van der Waals surface area contributed by atoms with Crippen LogP contribution < -0.4 is 21.6 Å². The van der Waals surface area contributed by atoms with E-state index in [4.69, 9.17) is 4.74 Å². The Morgan fingerprint density at radius 3 is 2.59 bits per heavy atom. The molecule has 5 N–H and O–H groups in total. The third-order valence-corrected chi connectivity index (χ3v) is 7.59. The maximum Gasteiger partial charge on any atom is 0.325 e. The van der Waals surface area contributed by atoms with E-state index in [-0.39, 0.29) is 29.1 Å². The molecule has 1 aromatic heterocycles. The molecule has 2 aromatic rings. The number of aliphatic hydroxyl groups excluding tert-OH is 1. The molecular weight excluding hydrogens is 528 g/mol. The van der Waals surface area contributed by atoms with Gasteiger partial charge in [-0.1, -0.05) is 32.1 Å². The number of nitrogens with zero attached hydrogens (tertiary/aromatic N) is 2. The number of carbonyl (C=O) groups excluding carboxylic acids is 3. The molecular formula is C29H40N6O6. The molecule has 2 amide bonds. The lowest BCUT2D eigenvalue weighted by Gasteiger charge is -2.36. The molecule has 5 bridgehead atoms. The fourth-order valence-electron chi connectivity index (χ4n) is 4.89. The maximum absolute atomic E-state index is 13.3. The quantitative estimate of drug-likeness (QED) is 0.321. The Kier molecular flexibility index (Phi) is 8.95. The zero-order valence-electron chi connectivity index (χ0n) is 24.4. The molecule has 4 rings (SSSR count). The standard InChI is InChI=1S/C29H40N6O6/c1-15(2)22-25(37)30-16(3)26(38)35-13-7-8-20(34-35)27(39)41-17(4)23-31-21-14-18(9-10-19(21)24(36)33-23)11-12-29(5,6)28(40)32-22/h9-12,14-17,20,22,25,30,34,37H,7-8,13H2,1-6H3,(H,32,40)(H,31,33,36)/b12-11+/t16-,17+,20?,22-,25?/m0/s1. The summed E-state index contributed by atoms with van der Waals surface area (Å²) < 4.78 is 5.65. The van der Waals surface area contributed by atoms with E-state index < -0.39 is 41.8 Å². The lowest BCUT2D eigenvalue weighted by molar-refractivity contribution is -0.157. The lowest BCUT2D eigenvalue weighted by Crippen LogP contribution is -2.62. The molecule has 3 heterocycles. The van der Waals surface area contributed by atoms with Gasteiger partial charge in [0.25, 0.3) is 11.5 Å². The molecule has 0 saturated carbocycles. The van der Waals surface area contributed by atoms with Crippen LogP contribution >= 0.6 is 0 Å². The predicted molar refractivity (Wildman–Crippen MR) is 153 cm³/mol. The molecule has 2 aliphatic rings. The first-order chi connectivity index (χ1) is 19.3. The van der Waals surface area contributed by atoms with Crippen molar-refractivity contribution in [3.63, 3.8) is 0 Å². The summed E-state index contributed by atoms with van der Waals surface area (Å²) in [5.74, 6) is -1.21. The van der Waals surface area contributed by atoms with Crippen molar-refractivity contribution >= 4 is 34.8 Å². The number of hydrogen-bond acceptors (Lipinski definition) is 9. The zero-order chi connectivity index (χ0) is 30.1. The SMILES string of the molecule is CC(C)[C@@H]1NC(=O)C(C)(C)/C=C/c2ccc3c(=O)[nH]c(nc3c2)[C@@H](C)OC(=O)C2CCCN(N2)C(=O)[C@H](C)NC1O. The number of esters is 1. The van der Waals surface area contributed by atoms with Crippen LogP contribution in [-0.4, -0.2) is 68.8 Å². The third kappa shape index (κ3) is 6.83. The second-order valence-electron chi connectivity index (χ2n) is 11.8. The number of carbonyl (C=O) groups is 3. The highest BCUT2D eigenvalue weighted by Crippen LogP contribution is 2.23. The highest BCUT2D eigenvalue weighted by Gasteiger charge is 2.35. The third-order valence-electron chi connectivity index (χ3n) is 7.59. The van der Waals surface area contributed by atoms with Crippen LogP contribution in [0.25, 0.3) is 17.0 Å². The number of hydrazine groups is 1. The van der Waals surface area contributed by atoms with Crippen molar-refractivity contribution in [3.05, 3.63) is 46.0 Å². The number of cyclic esters (lactones) is 1. The topological polar surface area (TPSA) is 166 Å². The van der Waals surface area contributed by atoms with Crippen LogP contribution in [0, 0.1) is 11.3 Å². The Bertz CT molecular complexity index is 1400. The minimum absolute atomic E-state index is 0.154. The van der Waals surface area contributed by atoms with E-state index >= 15 is 0 Å².